The fourth-order valence-electron chi connectivity index (χ4n) is 1.23. The molecular formula is C13H13NOS. The SMILES string of the molecule is N#CCCC/C(=C/C=O)Sc1ccccc1. The molecule has 3 heteroatoms. The van der Waals surface area contributed by atoms with Gasteiger partial charge in [0.1, 0.15) is 6.29 Å². The number of nitrogens with zero attached hydrogens (tertiary/aromatic N) is 1. The van der Waals surface area contributed by atoms with Crippen molar-refractivity contribution in [3.05, 3.63) is 41.3 Å². The molecule has 16 heavy (non-hydrogen) atoms. The fraction of sp³-hybridized carbons (Fsp3) is 0.231. The van der Waals surface area contributed by atoms with Crippen LogP contribution >= 0.6 is 11.8 Å². The van der Waals surface area contributed by atoms with Crippen molar-refractivity contribution in [2.24, 2.45) is 0 Å². The van der Waals surface area contributed by atoms with E-state index in [9.17, 15) is 4.79 Å². The van der Waals surface area contributed by atoms with Crippen LogP contribution in [0.3, 0.4) is 0 Å². The van der Waals surface area contributed by atoms with E-state index in [1.54, 1.807) is 17.8 Å². The zero-order valence-electron chi connectivity index (χ0n) is 8.93. The number of benzene rings is 1. The predicted molar refractivity (Wildman–Crippen MR) is 65.9 cm³/mol. The lowest BCUT2D eigenvalue weighted by Gasteiger charge is -2.04. The van der Waals surface area contributed by atoms with Crippen molar-refractivity contribution in [1.29, 1.82) is 5.26 Å². The number of aldehydes is 1. The van der Waals surface area contributed by atoms with E-state index < -0.39 is 0 Å². The summed E-state index contributed by atoms with van der Waals surface area (Å²) in [5.41, 5.74) is 0. The number of rotatable bonds is 6. The van der Waals surface area contributed by atoms with Gasteiger partial charge in [-0.2, -0.15) is 5.26 Å². The van der Waals surface area contributed by atoms with Crippen molar-refractivity contribution < 1.29 is 4.79 Å². The second-order valence-corrected chi connectivity index (χ2v) is 4.40. The fourth-order valence-corrected chi connectivity index (χ4v) is 2.19. The molecule has 0 unspecified atom stereocenters. The van der Waals surface area contributed by atoms with Gasteiger partial charge in [0.25, 0.3) is 0 Å². The first-order chi connectivity index (χ1) is 7.86. The van der Waals surface area contributed by atoms with Gasteiger partial charge in [-0.15, -0.1) is 0 Å². The molecule has 0 radical (unpaired) electrons. The molecule has 0 aliphatic carbocycles. The maximum atomic E-state index is 10.5. The number of nitriles is 1. The minimum absolute atomic E-state index is 0.533. The van der Waals surface area contributed by atoms with E-state index in [4.69, 9.17) is 5.26 Å². The molecule has 0 heterocycles. The summed E-state index contributed by atoms with van der Waals surface area (Å²) in [7, 11) is 0. The number of carbonyl (C=O) groups excluding carboxylic acids is 1. The van der Waals surface area contributed by atoms with Gasteiger partial charge in [0.2, 0.25) is 0 Å². The van der Waals surface area contributed by atoms with Gasteiger partial charge in [-0.1, -0.05) is 30.0 Å². The Bertz CT molecular complexity index is 392. The van der Waals surface area contributed by atoms with Gasteiger partial charge < -0.3 is 0 Å². The van der Waals surface area contributed by atoms with Gasteiger partial charge >= 0.3 is 0 Å². The van der Waals surface area contributed by atoms with Gasteiger partial charge in [0, 0.05) is 11.3 Å². The van der Waals surface area contributed by atoms with Gasteiger partial charge in [-0.25, -0.2) is 0 Å². The monoisotopic (exact) mass is 231 g/mol. The predicted octanol–water partition coefficient (Wildman–Crippen LogP) is 3.56. The third-order valence-electron chi connectivity index (χ3n) is 1.96. The molecule has 0 amide bonds. The molecule has 0 atom stereocenters. The van der Waals surface area contributed by atoms with E-state index >= 15 is 0 Å². The van der Waals surface area contributed by atoms with Crippen LogP contribution in [0.4, 0.5) is 0 Å². The highest BCUT2D eigenvalue weighted by molar-refractivity contribution is 8.03. The van der Waals surface area contributed by atoms with Gasteiger partial charge in [0.15, 0.2) is 0 Å². The highest BCUT2D eigenvalue weighted by Crippen LogP contribution is 2.29. The number of thioether (sulfide) groups is 1. The lowest BCUT2D eigenvalue weighted by Crippen LogP contribution is -1.81. The molecule has 1 aromatic rings. The minimum Gasteiger partial charge on any atom is -0.299 e. The molecule has 2 nitrogen and oxygen atoms in total. The summed E-state index contributed by atoms with van der Waals surface area (Å²) in [4.78, 5) is 12.6. The Hall–Kier alpha value is -1.53. The second kappa shape index (κ2) is 7.72. The first-order valence-electron chi connectivity index (χ1n) is 5.11. The Morgan fingerprint density at radius 2 is 2.12 bits per heavy atom. The van der Waals surface area contributed by atoms with Crippen LogP contribution in [0.5, 0.6) is 0 Å². The second-order valence-electron chi connectivity index (χ2n) is 3.20. The smallest absolute Gasteiger partial charge is 0.143 e. The van der Waals surface area contributed by atoms with Crippen LogP contribution in [0.15, 0.2) is 46.2 Å². The third-order valence-corrected chi connectivity index (χ3v) is 3.07. The zero-order chi connectivity index (χ0) is 11.6. The van der Waals surface area contributed by atoms with Crippen molar-refractivity contribution >= 4 is 18.0 Å². The van der Waals surface area contributed by atoms with Crippen LogP contribution in [-0.4, -0.2) is 6.29 Å². The average Bonchev–Trinajstić information content (AvgIpc) is 2.31. The summed E-state index contributed by atoms with van der Waals surface area (Å²) in [5.74, 6) is 0. The molecule has 1 aromatic carbocycles. The van der Waals surface area contributed by atoms with Crippen LogP contribution in [0.25, 0.3) is 0 Å². The van der Waals surface area contributed by atoms with Crippen LogP contribution in [0.2, 0.25) is 0 Å². The molecule has 0 saturated carbocycles. The summed E-state index contributed by atoms with van der Waals surface area (Å²) in [6.07, 6.45) is 4.50. The molecule has 0 N–H and O–H groups in total. The Balaban J connectivity index is 2.56. The van der Waals surface area contributed by atoms with E-state index in [2.05, 4.69) is 6.07 Å². The number of allylic oxidation sites excluding steroid dienone is 2. The van der Waals surface area contributed by atoms with Crippen LogP contribution in [0, 0.1) is 11.3 Å². The van der Waals surface area contributed by atoms with Crippen molar-refractivity contribution in [1.82, 2.24) is 0 Å². The van der Waals surface area contributed by atoms with Crippen molar-refractivity contribution in [3.8, 4) is 6.07 Å². The summed E-state index contributed by atoms with van der Waals surface area (Å²) in [6, 6.07) is 12.0. The number of hydrogen-bond acceptors (Lipinski definition) is 3. The topological polar surface area (TPSA) is 40.9 Å². The highest BCUT2D eigenvalue weighted by Gasteiger charge is 2.00. The standard InChI is InChI=1S/C13H13NOS/c14-10-5-4-8-13(9-11-15)16-12-6-2-1-3-7-12/h1-3,6-7,9,11H,4-5,8H2/b13-9-. The van der Waals surface area contributed by atoms with Crippen LogP contribution in [0.1, 0.15) is 19.3 Å². The quantitative estimate of drug-likeness (QED) is 0.325. The van der Waals surface area contributed by atoms with E-state index in [0.29, 0.717) is 6.42 Å². The zero-order valence-corrected chi connectivity index (χ0v) is 9.74. The molecule has 0 aromatic heterocycles. The maximum absolute atomic E-state index is 10.5. The Morgan fingerprint density at radius 3 is 2.75 bits per heavy atom. The lowest BCUT2D eigenvalue weighted by molar-refractivity contribution is -0.104. The molecule has 0 aliphatic heterocycles. The molecule has 0 aliphatic rings. The Morgan fingerprint density at radius 1 is 1.38 bits per heavy atom. The molecule has 0 spiro atoms. The first kappa shape index (κ1) is 12.5. The van der Waals surface area contributed by atoms with Crippen LogP contribution < -0.4 is 0 Å². The number of carbonyl (C=O) groups is 1. The van der Waals surface area contributed by atoms with Crippen LogP contribution in [-0.2, 0) is 4.79 Å². The van der Waals surface area contributed by atoms with E-state index in [-0.39, 0.29) is 0 Å². The minimum atomic E-state index is 0.533. The van der Waals surface area contributed by atoms with E-state index in [1.165, 1.54) is 0 Å². The Kier molecular flexibility index (Phi) is 6.05. The first-order valence-corrected chi connectivity index (χ1v) is 5.92. The van der Waals surface area contributed by atoms with Crippen molar-refractivity contribution in [2.75, 3.05) is 0 Å². The van der Waals surface area contributed by atoms with Gasteiger partial charge in [-0.05, 0) is 36.0 Å². The lowest BCUT2D eigenvalue weighted by atomic mass is 10.2. The molecule has 82 valence electrons. The van der Waals surface area contributed by atoms with Crippen molar-refractivity contribution in [3.63, 3.8) is 0 Å². The number of hydrogen-bond donors (Lipinski definition) is 0. The summed E-state index contributed by atoms with van der Waals surface area (Å²) in [6.45, 7) is 0. The summed E-state index contributed by atoms with van der Waals surface area (Å²) < 4.78 is 0. The van der Waals surface area contributed by atoms with Gasteiger partial charge in [-0.3, -0.25) is 4.79 Å². The molecule has 0 fully saturated rings. The summed E-state index contributed by atoms with van der Waals surface area (Å²) >= 11 is 1.58. The molecule has 0 saturated heterocycles. The maximum Gasteiger partial charge on any atom is 0.143 e. The largest absolute Gasteiger partial charge is 0.299 e. The third kappa shape index (κ3) is 4.81. The highest BCUT2D eigenvalue weighted by atomic mass is 32.2. The normalized spacial score (nSPS) is 10.8. The van der Waals surface area contributed by atoms with Gasteiger partial charge in [0.05, 0.1) is 6.07 Å². The molecule has 1 rings (SSSR count). The Labute approximate surface area is 100.0 Å². The average molecular weight is 231 g/mol. The summed E-state index contributed by atoms with van der Waals surface area (Å²) in [5, 5.41) is 8.45. The van der Waals surface area contributed by atoms with E-state index in [1.807, 2.05) is 30.3 Å². The molecular weight excluding hydrogens is 218 g/mol. The van der Waals surface area contributed by atoms with E-state index in [0.717, 1.165) is 28.9 Å². The van der Waals surface area contributed by atoms with Crippen molar-refractivity contribution in [2.45, 2.75) is 24.2 Å². The number of unbranched alkanes of at least 4 members (excludes halogenated alkanes) is 1. The molecule has 0 bridgehead atoms.